The number of thioether (sulfide) groups is 1. The molecule has 0 saturated carbocycles. The van der Waals surface area contributed by atoms with Gasteiger partial charge in [0.1, 0.15) is 27.0 Å². The van der Waals surface area contributed by atoms with Crippen molar-refractivity contribution >= 4 is 61.8 Å². The fourth-order valence-electron chi connectivity index (χ4n) is 4.55. The van der Waals surface area contributed by atoms with Crippen LogP contribution in [0.5, 0.6) is 5.75 Å². The summed E-state index contributed by atoms with van der Waals surface area (Å²) in [6.45, 7) is 2.58. The molecule has 3 heterocycles. The number of anilines is 1. The summed E-state index contributed by atoms with van der Waals surface area (Å²) in [6.07, 6.45) is 1.98. The summed E-state index contributed by atoms with van der Waals surface area (Å²) in [5, 5.41) is 3.15. The van der Waals surface area contributed by atoms with Gasteiger partial charge in [0.15, 0.2) is 0 Å². The second-order valence-corrected chi connectivity index (χ2v) is 10.5. The molecule has 6 rings (SSSR count). The van der Waals surface area contributed by atoms with Gasteiger partial charge in [-0.25, -0.2) is 0 Å². The second-order valence-electron chi connectivity index (χ2n) is 8.40. The number of hydrogen-bond donors (Lipinski definition) is 0. The third kappa shape index (κ3) is 3.39. The van der Waals surface area contributed by atoms with Gasteiger partial charge >= 0.3 is 5.89 Å². The molecule has 1 aliphatic heterocycles. The fraction of sp³-hybridized carbons (Fsp3) is 0.185. The van der Waals surface area contributed by atoms with E-state index in [0.717, 1.165) is 52.4 Å². The highest BCUT2D eigenvalue weighted by Gasteiger charge is 2.26. The summed E-state index contributed by atoms with van der Waals surface area (Å²) in [6, 6.07) is 18.4. The zero-order valence-corrected chi connectivity index (χ0v) is 21.5. The van der Waals surface area contributed by atoms with Crippen LogP contribution in [0.1, 0.15) is 12.8 Å². The smallest absolute Gasteiger partial charge is 0.376 e. The summed E-state index contributed by atoms with van der Waals surface area (Å²) in [7, 11) is 5.65. The number of hydrogen-bond acceptors (Lipinski definition) is 6. The van der Waals surface area contributed by atoms with E-state index in [1.54, 1.807) is 18.9 Å². The number of fused-ring (bicyclic) bond motifs is 4. The Bertz CT molecular complexity index is 1810. The lowest BCUT2D eigenvalue weighted by atomic mass is 10.1. The van der Waals surface area contributed by atoms with Crippen molar-refractivity contribution in [1.29, 1.82) is 0 Å². The van der Waals surface area contributed by atoms with Crippen LogP contribution in [-0.2, 0) is 13.6 Å². The van der Waals surface area contributed by atoms with E-state index in [2.05, 4.69) is 29.2 Å². The van der Waals surface area contributed by atoms with E-state index in [1.165, 1.54) is 11.3 Å². The molecule has 1 aliphatic rings. The molecule has 3 aromatic carbocycles. The second kappa shape index (κ2) is 8.32. The Kier molecular flexibility index (Phi) is 5.23. The number of benzene rings is 3. The minimum atomic E-state index is 0.0158. The maximum atomic E-state index is 13.5. The number of nitrogens with zero attached hydrogens (tertiary/aromatic N) is 3. The van der Waals surface area contributed by atoms with Crippen LogP contribution in [0.2, 0.25) is 0 Å². The van der Waals surface area contributed by atoms with E-state index < -0.39 is 0 Å². The Hall–Kier alpha value is -3.49. The van der Waals surface area contributed by atoms with Crippen molar-refractivity contribution in [2.75, 3.05) is 19.1 Å². The standard InChI is InChI=1S/C27H24N3O3S2/c1-5-30-23(15-22-28(2)19-12-10-16-8-6-7-9-18(16)24(19)33-22)35-25(26(30)31)27-29(3)20-14-17(32-4)11-13-21(20)34-27/h6-15H,5H2,1-4H3/q+1/b27-25-. The van der Waals surface area contributed by atoms with Crippen molar-refractivity contribution in [2.45, 2.75) is 18.4 Å². The van der Waals surface area contributed by atoms with Gasteiger partial charge in [0.2, 0.25) is 5.58 Å². The first-order valence-corrected chi connectivity index (χ1v) is 13.0. The molecule has 2 aromatic heterocycles. The molecule has 8 heteroatoms. The molecule has 0 atom stereocenters. The van der Waals surface area contributed by atoms with E-state index in [4.69, 9.17) is 9.15 Å². The summed E-state index contributed by atoms with van der Waals surface area (Å²) < 4.78 is 17.2. The van der Waals surface area contributed by atoms with E-state index in [-0.39, 0.29) is 5.56 Å². The van der Waals surface area contributed by atoms with Crippen LogP contribution < -0.4 is 29.0 Å². The van der Waals surface area contributed by atoms with Gasteiger partial charge in [0, 0.05) is 36.0 Å². The lowest BCUT2D eigenvalue weighted by Crippen LogP contribution is -2.34. The number of methoxy groups -OCH3 is 1. The highest BCUT2D eigenvalue weighted by atomic mass is 32.2. The van der Waals surface area contributed by atoms with Crippen molar-refractivity contribution in [2.24, 2.45) is 7.05 Å². The molecule has 5 aromatic rings. The molecule has 0 amide bonds. The summed E-state index contributed by atoms with van der Waals surface area (Å²) >= 11 is 3.12. The molecule has 0 N–H and O–H groups in total. The lowest BCUT2D eigenvalue weighted by Gasteiger charge is -2.13. The third-order valence-electron chi connectivity index (χ3n) is 6.47. The van der Waals surface area contributed by atoms with Crippen LogP contribution in [0.3, 0.4) is 0 Å². The molecule has 35 heavy (non-hydrogen) atoms. The van der Waals surface area contributed by atoms with Crippen LogP contribution >= 0.6 is 23.1 Å². The molecule has 0 radical (unpaired) electrons. The third-order valence-corrected chi connectivity index (χ3v) is 8.95. The van der Waals surface area contributed by atoms with Crippen LogP contribution in [0, 0.1) is 0 Å². The van der Waals surface area contributed by atoms with Crippen LogP contribution in [-0.4, -0.2) is 18.7 Å². The van der Waals surface area contributed by atoms with Crippen molar-refractivity contribution in [1.82, 2.24) is 4.57 Å². The van der Waals surface area contributed by atoms with Gasteiger partial charge in [-0.3, -0.25) is 9.36 Å². The van der Waals surface area contributed by atoms with E-state index in [0.29, 0.717) is 12.4 Å². The zero-order chi connectivity index (χ0) is 24.3. The summed E-state index contributed by atoms with van der Waals surface area (Å²) in [5.41, 5.74) is 2.93. The van der Waals surface area contributed by atoms with Gasteiger partial charge in [-0.05, 0) is 30.5 Å². The van der Waals surface area contributed by atoms with Crippen LogP contribution in [0.15, 0.2) is 68.7 Å². The van der Waals surface area contributed by atoms with E-state index >= 15 is 0 Å². The monoisotopic (exact) mass is 502 g/mol. The number of thiazole rings is 1. The zero-order valence-electron chi connectivity index (χ0n) is 19.9. The molecular formula is C27H24N3O3S2+. The fourth-order valence-corrected chi connectivity index (χ4v) is 6.97. The number of ether oxygens (including phenoxy) is 1. The van der Waals surface area contributed by atoms with Crippen molar-refractivity contribution in [3.8, 4) is 5.75 Å². The van der Waals surface area contributed by atoms with Crippen molar-refractivity contribution in [3.05, 3.63) is 80.0 Å². The Morgan fingerprint density at radius 3 is 2.77 bits per heavy atom. The number of rotatable bonds is 3. The Morgan fingerprint density at radius 2 is 1.97 bits per heavy atom. The van der Waals surface area contributed by atoms with Gasteiger partial charge < -0.3 is 14.1 Å². The molecule has 0 fully saturated rings. The van der Waals surface area contributed by atoms with E-state index in [1.807, 2.05) is 66.6 Å². The highest BCUT2D eigenvalue weighted by molar-refractivity contribution is 8.08. The largest absolute Gasteiger partial charge is 0.497 e. The SMILES string of the molecule is CCn1c(=Cc2oc3c4ccccc4ccc3[n+]2C)s/c(=C2\Sc3ccc(OC)cc3N2C)c1=O. The van der Waals surface area contributed by atoms with Crippen LogP contribution in [0.25, 0.3) is 33.0 Å². The van der Waals surface area contributed by atoms with Gasteiger partial charge in [0.25, 0.3) is 11.1 Å². The van der Waals surface area contributed by atoms with Gasteiger partial charge in [0.05, 0.1) is 18.9 Å². The molecule has 0 spiro atoms. The number of aromatic nitrogens is 2. The summed E-state index contributed by atoms with van der Waals surface area (Å²) in [4.78, 5) is 16.7. The molecule has 176 valence electrons. The van der Waals surface area contributed by atoms with Crippen molar-refractivity contribution in [3.63, 3.8) is 0 Å². The average molecular weight is 503 g/mol. The lowest BCUT2D eigenvalue weighted by molar-refractivity contribution is -0.652. The first-order chi connectivity index (χ1) is 17.0. The molecule has 6 nitrogen and oxygen atoms in total. The normalized spacial score (nSPS) is 15.4. The number of oxazole rings is 1. The highest BCUT2D eigenvalue weighted by Crippen LogP contribution is 2.46. The molecule has 0 saturated heterocycles. The Morgan fingerprint density at radius 1 is 1.14 bits per heavy atom. The summed E-state index contributed by atoms with van der Waals surface area (Å²) in [5.74, 6) is 1.50. The van der Waals surface area contributed by atoms with Gasteiger partial charge in [-0.15, -0.1) is 11.3 Å². The van der Waals surface area contributed by atoms with Gasteiger partial charge in [-0.2, -0.15) is 4.57 Å². The maximum absolute atomic E-state index is 13.5. The van der Waals surface area contributed by atoms with Crippen molar-refractivity contribution < 1.29 is 13.7 Å². The molecule has 0 unspecified atom stereocenters. The average Bonchev–Trinajstić information content (AvgIpc) is 3.49. The minimum absolute atomic E-state index is 0.0158. The first kappa shape index (κ1) is 22.0. The maximum Gasteiger partial charge on any atom is 0.376 e. The minimum Gasteiger partial charge on any atom is -0.497 e. The molecule has 0 bridgehead atoms. The Labute approximate surface area is 210 Å². The predicted octanol–water partition coefficient (Wildman–Crippen LogP) is 3.80. The predicted molar refractivity (Wildman–Crippen MR) is 143 cm³/mol. The topological polar surface area (TPSA) is 51.5 Å². The van der Waals surface area contributed by atoms with Crippen LogP contribution in [0.4, 0.5) is 5.69 Å². The Balaban J connectivity index is 1.55. The molecular weight excluding hydrogens is 478 g/mol. The van der Waals surface area contributed by atoms with Gasteiger partial charge in [-0.1, -0.05) is 36.0 Å². The first-order valence-electron chi connectivity index (χ1n) is 11.4. The molecule has 0 aliphatic carbocycles. The number of aryl methyl sites for hydroxylation is 1. The van der Waals surface area contributed by atoms with E-state index in [9.17, 15) is 4.79 Å². The quantitative estimate of drug-likeness (QED) is 0.352.